The molecule has 1 aromatic heterocycles. The van der Waals surface area contributed by atoms with Crippen molar-refractivity contribution in [2.75, 3.05) is 38.2 Å². The number of ether oxygens (including phenoxy) is 1. The van der Waals surface area contributed by atoms with Gasteiger partial charge < -0.3 is 14.5 Å². The Morgan fingerprint density at radius 1 is 1.12 bits per heavy atom. The lowest BCUT2D eigenvalue weighted by Gasteiger charge is -2.35. The summed E-state index contributed by atoms with van der Waals surface area (Å²) in [7, 11) is 1.64. The maximum Gasteiger partial charge on any atom is 0.270 e. The summed E-state index contributed by atoms with van der Waals surface area (Å²) in [5, 5.41) is 12.0. The van der Waals surface area contributed by atoms with E-state index in [0.29, 0.717) is 31.7 Å². The van der Waals surface area contributed by atoms with E-state index in [4.69, 9.17) is 9.72 Å². The van der Waals surface area contributed by atoms with Crippen LogP contribution in [0.25, 0.3) is 17.0 Å². The average Bonchev–Trinajstić information content (AvgIpc) is 2.82. The summed E-state index contributed by atoms with van der Waals surface area (Å²) in [5.74, 6) is 1.51. The smallest absolute Gasteiger partial charge is 0.270 e. The van der Waals surface area contributed by atoms with Crippen LogP contribution < -0.4 is 9.64 Å². The van der Waals surface area contributed by atoms with Crippen molar-refractivity contribution in [3.05, 3.63) is 75.8 Å². The number of nitro groups is 1. The number of aromatic nitrogens is 1. The van der Waals surface area contributed by atoms with E-state index in [0.717, 1.165) is 28.0 Å². The largest absolute Gasteiger partial charge is 0.494 e. The second-order valence-electron chi connectivity index (χ2n) is 7.65. The van der Waals surface area contributed by atoms with Crippen molar-refractivity contribution in [1.82, 2.24) is 9.88 Å². The fourth-order valence-corrected chi connectivity index (χ4v) is 3.87. The Morgan fingerprint density at radius 2 is 1.88 bits per heavy atom. The number of carbonyl (C=O) groups is 1. The molecule has 0 radical (unpaired) electrons. The summed E-state index contributed by atoms with van der Waals surface area (Å²) >= 11 is 0. The van der Waals surface area contributed by atoms with Crippen LogP contribution in [-0.2, 0) is 4.79 Å². The van der Waals surface area contributed by atoms with E-state index in [1.165, 1.54) is 18.2 Å². The fourth-order valence-electron chi connectivity index (χ4n) is 3.87. The third kappa shape index (κ3) is 4.39. The van der Waals surface area contributed by atoms with Crippen LogP contribution in [0.4, 0.5) is 11.5 Å². The van der Waals surface area contributed by atoms with Gasteiger partial charge in [0, 0.05) is 49.8 Å². The minimum atomic E-state index is -0.448. The number of methoxy groups -OCH3 is 1. The quantitative estimate of drug-likeness (QED) is 0.346. The number of piperazine rings is 1. The van der Waals surface area contributed by atoms with Crippen molar-refractivity contribution in [2.45, 2.75) is 6.92 Å². The first-order chi connectivity index (χ1) is 15.5. The molecule has 0 saturated carbocycles. The molecule has 0 spiro atoms. The highest BCUT2D eigenvalue weighted by molar-refractivity contribution is 5.92. The van der Waals surface area contributed by atoms with Gasteiger partial charge in [0.05, 0.1) is 12.0 Å². The van der Waals surface area contributed by atoms with E-state index in [1.54, 1.807) is 30.2 Å². The molecule has 32 heavy (non-hydrogen) atoms. The Morgan fingerprint density at radius 3 is 2.59 bits per heavy atom. The molecule has 8 nitrogen and oxygen atoms in total. The highest BCUT2D eigenvalue weighted by Crippen LogP contribution is 2.29. The SMILES string of the molecule is COc1cccc2c(C)cc(N3CCN(C(=O)/C=C/c4cccc([N+](=O)[O-])c4)CC3)nc12. The minimum absolute atomic E-state index is 0.00280. The summed E-state index contributed by atoms with van der Waals surface area (Å²) in [6.45, 7) is 4.55. The van der Waals surface area contributed by atoms with Crippen LogP contribution in [0.1, 0.15) is 11.1 Å². The van der Waals surface area contributed by atoms with Crippen LogP contribution in [0.5, 0.6) is 5.75 Å². The first kappa shape index (κ1) is 21.3. The molecule has 2 aromatic carbocycles. The molecule has 1 fully saturated rings. The first-order valence-electron chi connectivity index (χ1n) is 10.4. The van der Waals surface area contributed by atoms with E-state index in [-0.39, 0.29) is 11.6 Å². The summed E-state index contributed by atoms with van der Waals surface area (Å²) in [6.07, 6.45) is 3.08. The van der Waals surface area contributed by atoms with Crippen LogP contribution in [0.15, 0.2) is 54.6 Å². The van der Waals surface area contributed by atoms with Crippen molar-refractivity contribution in [2.24, 2.45) is 0 Å². The van der Waals surface area contributed by atoms with Crippen molar-refractivity contribution < 1.29 is 14.5 Å². The molecule has 8 heteroatoms. The predicted molar refractivity (Wildman–Crippen MR) is 124 cm³/mol. The normalized spacial score (nSPS) is 14.2. The number of pyridine rings is 1. The molecule has 0 N–H and O–H groups in total. The van der Waals surface area contributed by atoms with E-state index in [9.17, 15) is 14.9 Å². The zero-order valence-corrected chi connectivity index (χ0v) is 18.0. The number of para-hydroxylation sites is 1. The highest BCUT2D eigenvalue weighted by atomic mass is 16.6. The van der Waals surface area contributed by atoms with Gasteiger partial charge in [-0.15, -0.1) is 0 Å². The number of benzene rings is 2. The van der Waals surface area contributed by atoms with Crippen LogP contribution in [0.2, 0.25) is 0 Å². The molecule has 0 atom stereocenters. The molecule has 1 amide bonds. The Bertz CT molecular complexity index is 1200. The van der Waals surface area contributed by atoms with Gasteiger partial charge in [-0.2, -0.15) is 0 Å². The average molecular weight is 432 g/mol. The molecule has 4 rings (SSSR count). The topological polar surface area (TPSA) is 88.8 Å². The summed E-state index contributed by atoms with van der Waals surface area (Å²) in [6, 6.07) is 14.2. The zero-order valence-electron chi connectivity index (χ0n) is 18.0. The number of hydrogen-bond donors (Lipinski definition) is 0. The molecule has 0 unspecified atom stereocenters. The maximum absolute atomic E-state index is 12.6. The predicted octanol–water partition coefficient (Wildman–Crippen LogP) is 3.82. The van der Waals surface area contributed by atoms with Gasteiger partial charge in [0.25, 0.3) is 5.69 Å². The van der Waals surface area contributed by atoms with E-state index < -0.39 is 4.92 Å². The Hall–Kier alpha value is -3.94. The number of nitro benzene ring substituents is 1. The lowest BCUT2D eigenvalue weighted by atomic mass is 10.1. The monoisotopic (exact) mass is 432 g/mol. The third-order valence-corrected chi connectivity index (χ3v) is 5.63. The standard InChI is InChI=1S/C24H24N4O4/c1-17-15-22(25-24-20(17)7-4-8-21(24)32-2)26-11-13-27(14-12-26)23(29)10-9-18-5-3-6-19(16-18)28(30)31/h3-10,15-16H,11-14H2,1-2H3/b10-9+. The van der Waals surface area contributed by atoms with Crippen molar-refractivity contribution in [1.29, 1.82) is 0 Å². The minimum Gasteiger partial charge on any atom is -0.494 e. The number of nitrogens with zero attached hydrogens (tertiary/aromatic N) is 4. The van der Waals surface area contributed by atoms with Crippen LogP contribution in [-0.4, -0.2) is 54.0 Å². The molecule has 3 aromatic rings. The van der Waals surface area contributed by atoms with Gasteiger partial charge in [0.1, 0.15) is 17.1 Å². The number of fused-ring (bicyclic) bond motifs is 1. The number of aryl methyl sites for hydroxylation is 1. The Balaban J connectivity index is 1.43. The van der Waals surface area contributed by atoms with Crippen molar-refractivity contribution >= 4 is 34.4 Å². The van der Waals surface area contributed by atoms with Gasteiger partial charge in [-0.05, 0) is 36.3 Å². The molecular formula is C24H24N4O4. The van der Waals surface area contributed by atoms with Gasteiger partial charge >= 0.3 is 0 Å². The van der Waals surface area contributed by atoms with Crippen LogP contribution >= 0.6 is 0 Å². The van der Waals surface area contributed by atoms with Gasteiger partial charge in [0.2, 0.25) is 5.91 Å². The highest BCUT2D eigenvalue weighted by Gasteiger charge is 2.21. The van der Waals surface area contributed by atoms with Crippen molar-refractivity contribution in [3.8, 4) is 5.75 Å². The Kier molecular flexibility index (Phi) is 6.02. The third-order valence-electron chi connectivity index (χ3n) is 5.63. The van der Waals surface area contributed by atoms with E-state index in [1.807, 2.05) is 18.2 Å². The van der Waals surface area contributed by atoms with E-state index >= 15 is 0 Å². The molecule has 1 aliphatic heterocycles. The van der Waals surface area contributed by atoms with E-state index in [2.05, 4.69) is 17.9 Å². The number of amides is 1. The van der Waals surface area contributed by atoms with Gasteiger partial charge in [-0.3, -0.25) is 14.9 Å². The second-order valence-corrected chi connectivity index (χ2v) is 7.65. The van der Waals surface area contributed by atoms with Crippen LogP contribution in [0, 0.1) is 17.0 Å². The lowest BCUT2D eigenvalue weighted by molar-refractivity contribution is -0.384. The first-order valence-corrected chi connectivity index (χ1v) is 10.4. The summed E-state index contributed by atoms with van der Waals surface area (Å²) in [5.41, 5.74) is 2.59. The number of carbonyl (C=O) groups excluding carboxylic acids is 1. The zero-order chi connectivity index (χ0) is 22.7. The molecule has 0 aliphatic carbocycles. The maximum atomic E-state index is 12.6. The van der Waals surface area contributed by atoms with Crippen molar-refractivity contribution in [3.63, 3.8) is 0 Å². The number of rotatable bonds is 5. The van der Waals surface area contributed by atoms with Gasteiger partial charge in [0.15, 0.2) is 0 Å². The second kappa shape index (κ2) is 9.05. The summed E-state index contributed by atoms with van der Waals surface area (Å²) in [4.78, 5) is 31.8. The Labute approximate surface area is 185 Å². The number of non-ortho nitro benzene ring substituents is 1. The lowest BCUT2D eigenvalue weighted by Crippen LogP contribution is -2.48. The molecule has 1 aliphatic rings. The summed E-state index contributed by atoms with van der Waals surface area (Å²) < 4.78 is 5.48. The molecule has 164 valence electrons. The van der Waals surface area contributed by atoms with Gasteiger partial charge in [-0.25, -0.2) is 4.98 Å². The molecule has 1 saturated heterocycles. The van der Waals surface area contributed by atoms with Crippen LogP contribution in [0.3, 0.4) is 0 Å². The number of anilines is 1. The molecule has 0 bridgehead atoms. The van der Waals surface area contributed by atoms with Gasteiger partial charge in [-0.1, -0.05) is 24.3 Å². The molecular weight excluding hydrogens is 408 g/mol. The number of hydrogen-bond acceptors (Lipinski definition) is 6. The molecule has 2 heterocycles. The fraction of sp³-hybridized carbons (Fsp3) is 0.250.